The minimum atomic E-state index is -4.50. The van der Waals surface area contributed by atoms with Gasteiger partial charge in [0.05, 0.1) is 0 Å². The Bertz CT molecular complexity index is 155. The van der Waals surface area contributed by atoms with E-state index in [0.717, 1.165) is 0 Å². The Hall–Kier alpha value is 2.14. The van der Waals surface area contributed by atoms with Gasteiger partial charge in [-0.25, -0.2) is 4.57 Å². The average Bonchev–Trinajstić information content (AvgIpc) is 1.30. The molecule has 0 amide bonds. The van der Waals surface area contributed by atoms with E-state index in [2.05, 4.69) is 3.97 Å². The maximum Gasteiger partial charge on any atom is 1.00 e. The molecule has 5 nitrogen and oxygen atoms in total. The Morgan fingerprint density at radius 2 is 1.89 bits per heavy atom. The van der Waals surface area contributed by atoms with Crippen LogP contribution in [0, 0.1) is 0 Å². The van der Waals surface area contributed by atoms with E-state index in [1.807, 2.05) is 0 Å². The molecule has 0 atom stereocenters. The third-order valence-corrected chi connectivity index (χ3v) is 1.12. The van der Waals surface area contributed by atoms with Crippen LogP contribution in [0.4, 0.5) is 0 Å². The molecule has 0 spiro atoms. The molecular formula is H5AlKO5PS. The van der Waals surface area contributed by atoms with Gasteiger partial charge in [-0.15, -0.1) is 3.97 Å². The molecule has 0 radical (unpaired) electrons. The molecule has 0 aliphatic rings. The quantitative estimate of drug-likeness (QED) is 0.287. The summed E-state index contributed by atoms with van der Waals surface area (Å²) in [5.74, 6) is 0. The summed E-state index contributed by atoms with van der Waals surface area (Å²) >= 11 is 0. The summed E-state index contributed by atoms with van der Waals surface area (Å²) < 4.78 is 38.6. The van der Waals surface area contributed by atoms with E-state index in [1.54, 1.807) is 0 Å². The molecule has 0 rings (SSSR count). The first kappa shape index (κ1) is 17.3. The first-order valence-corrected chi connectivity index (χ1v) is 3.14. The van der Waals surface area contributed by atoms with Gasteiger partial charge in [0.2, 0.25) is 0 Å². The summed E-state index contributed by atoms with van der Waals surface area (Å²) in [4.78, 5) is 0. The van der Waals surface area contributed by atoms with Crippen molar-refractivity contribution < 1.29 is 74.3 Å². The maximum atomic E-state index is 9.36. The molecule has 0 aromatic carbocycles. The maximum absolute atomic E-state index is 9.36. The standard InChI is InChI=1S/Al.K.HO5PS.4H/c;;1-6-5-7(2,3)4;;;;/h;;(H,2,3,4);;;;/q;+1;;;;;-1. The Kier molecular flexibility index (Phi) is 15.8. The molecular weight excluding hydrogens is 209 g/mol. The molecule has 9 heteroatoms. The fourth-order valence-corrected chi connectivity index (χ4v) is 0.346. The molecule has 0 aliphatic carbocycles. The van der Waals surface area contributed by atoms with Crippen LogP contribution >= 0.6 is 8.69 Å². The Balaban J connectivity index is -0.0000000600. The summed E-state index contributed by atoms with van der Waals surface area (Å²) in [6.45, 7) is 0. The zero-order valence-corrected chi connectivity index (χ0v) is 8.77. The second kappa shape index (κ2) is 8.24. The van der Waals surface area contributed by atoms with E-state index < -0.39 is 19.1 Å². The topological polar surface area (TPSA) is 80.7 Å². The van der Waals surface area contributed by atoms with E-state index in [4.69, 9.17) is 9.12 Å². The molecule has 0 aromatic heterocycles. The van der Waals surface area contributed by atoms with Gasteiger partial charge in [-0.3, -0.25) is 4.55 Å². The van der Waals surface area contributed by atoms with E-state index in [0.29, 0.717) is 0 Å². The Morgan fingerprint density at radius 3 is 1.89 bits per heavy atom. The molecule has 0 fully saturated rings. The van der Waals surface area contributed by atoms with Crippen molar-refractivity contribution in [1.82, 2.24) is 0 Å². The van der Waals surface area contributed by atoms with Crippen LogP contribution in [0.25, 0.3) is 0 Å². The van der Waals surface area contributed by atoms with Gasteiger partial charge >= 0.3 is 70.5 Å². The van der Waals surface area contributed by atoms with Gasteiger partial charge in [0.15, 0.2) is 17.4 Å². The van der Waals surface area contributed by atoms with Crippen molar-refractivity contribution in [2.24, 2.45) is 0 Å². The fourth-order valence-electron chi connectivity index (χ4n) is 0.0385. The van der Waals surface area contributed by atoms with Crippen LogP contribution in [0.5, 0.6) is 0 Å². The average molecular weight is 214 g/mol. The normalized spacial score (nSPS) is 9.44. The monoisotopic (exact) mass is 214 g/mol. The number of hydrogen-bond acceptors (Lipinski definition) is 4. The first-order chi connectivity index (χ1) is 3.06. The van der Waals surface area contributed by atoms with Gasteiger partial charge in [0, 0.05) is 0 Å². The van der Waals surface area contributed by atoms with Gasteiger partial charge in [0.1, 0.15) is 0 Å². The SMILES string of the molecule is O=POS(=O)(=O)O.[AlH3].[H-].[K+]. The third kappa shape index (κ3) is 17.8. The van der Waals surface area contributed by atoms with Crippen molar-refractivity contribution in [2.75, 3.05) is 0 Å². The summed E-state index contributed by atoms with van der Waals surface area (Å²) in [6, 6.07) is 0. The predicted molar refractivity (Wildman–Crippen MR) is 31.3 cm³/mol. The minimum absolute atomic E-state index is 0. The summed E-state index contributed by atoms with van der Waals surface area (Å²) in [5.41, 5.74) is 0. The summed E-state index contributed by atoms with van der Waals surface area (Å²) in [7, 11) is -5.58. The molecule has 0 aliphatic heterocycles. The Labute approximate surface area is 109 Å². The van der Waals surface area contributed by atoms with Gasteiger partial charge in [-0.05, 0) is 0 Å². The number of rotatable bonds is 2. The molecule has 9 heavy (non-hydrogen) atoms. The van der Waals surface area contributed by atoms with Gasteiger partial charge < -0.3 is 1.43 Å². The zero-order chi connectivity index (χ0) is 5.91. The van der Waals surface area contributed by atoms with Crippen molar-refractivity contribution >= 4 is 36.4 Å². The molecule has 0 unspecified atom stereocenters. The van der Waals surface area contributed by atoms with Crippen molar-refractivity contribution in [3.63, 3.8) is 0 Å². The van der Waals surface area contributed by atoms with Crippen LogP contribution in [0.2, 0.25) is 0 Å². The molecule has 0 aromatic rings. The van der Waals surface area contributed by atoms with E-state index in [9.17, 15) is 8.42 Å². The van der Waals surface area contributed by atoms with Crippen molar-refractivity contribution in [2.45, 2.75) is 0 Å². The summed E-state index contributed by atoms with van der Waals surface area (Å²) in [5, 5.41) is 0. The molecule has 0 heterocycles. The number of hydrogen-bond donors (Lipinski definition) is 1. The first-order valence-electron chi connectivity index (χ1n) is 1.05. The van der Waals surface area contributed by atoms with Crippen LogP contribution < -0.4 is 51.4 Å². The van der Waals surface area contributed by atoms with Crippen LogP contribution in [0.3, 0.4) is 0 Å². The predicted octanol–water partition coefficient (Wildman–Crippen LogP) is -4.05. The van der Waals surface area contributed by atoms with Gasteiger partial charge in [-0.1, -0.05) is 0 Å². The molecule has 0 saturated carbocycles. The van der Waals surface area contributed by atoms with Crippen LogP contribution in [0.1, 0.15) is 1.43 Å². The minimum Gasteiger partial charge on any atom is -1.00 e. The Morgan fingerprint density at radius 1 is 1.56 bits per heavy atom. The zero-order valence-electron chi connectivity index (χ0n) is 4.94. The van der Waals surface area contributed by atoms with Crippen molar-refractivity contribution in [1.29, 1.82) is 0 Å². The fraction of sp³-hybridized carbons (Fsp3) is 0. The van der Waals surface area contributed by atoms with Gasteiger partial charge in [-0.2, -0.15) is 8.42 Å². The van der Waals surface area contributed by atoms with E-state index >= 15 is 0 Å². The second-order valence-corrected chi connectivity index (χ2v) is 2.18. The largest absolute Gasteiger partial charge is 1.00 e. The second-order valence-electron chi connectivity index (χ2n) is 0.577. The van der Waals surface area contributed by atoms with Gasteiger partial charge in [0.25, 0.3) is 0 Å². The molecule has 0 bridgehead atoms. The molecule has 1 N–H and O–H groups in total. The molecule has 50 valence electrons. The summed E-state index contributed by atoms with van der Waals surface area (Å²) in [6.07, 6.45) is 0. The molecule has 0 saturated heterocycles. The van der Waals surface area contributed by atoms with E-state index in [-0.39, 0.29) is 70.2 Å². The van der Waals surface area contributed by atoms with Crippen LogP contribution in [0.15, 0.2) is 0 Å². The van der Waals surface area contributed by atoms with Crippen molar-refractivity contribution in [3.8, 4) is 0 Å². The smallest absolute Gasteiger partial charge is 1.00 e. The third-order valence-electron chi connectivity index (χ3n) is 0.125. The van der Waals surface area contributed by atoms with E-state index in [1.165, 1.54) is 0 Å². The van der Waals surface area contributed by atoms with Crippen LogP contribution in [-0.4, -0.2) is 30.3 Å². The van der Waals surface area contributed by atoms with Crippen molar-refractivity contribution in [3.05, 3.63) is 0 Å². The van der Waals surface area contributed by atoms with Crippen LogP contribution in [-0.2, 0) is 18.9 Å².